The first-order valence-corrected chi connectivity index (χ1v) is 8.53. The molecule has 0 spiro atoms. The third-order valence-corrected chi connectivity index (χ3v) is 4.47. The molecule has 0 aliphatic rings. The van der Waals surface area contributed by atoms with Gasteiger partial charge in [0, 0.05) is 24.7 Å². The smallest absolute Gasteiger partial charge is 0.270 e. The van der Waals surface area contributed by atoms with E-state index in [0.29, 0.717) is 10.7 Å². The molecule has 11 nitrogen and oxygen atoms in total. The molecule has 0 atom stereocenters. The zero-order valence-electron chi connectivity index (χ0n) is 13.9. The van der Waals surface area contributed by atoms with Crippen LogP contribution in [0, 0.1) is 10.1 Å². The number of aryl methyl sites for hydroxylation is 1. The fraction of sp³-hybridized carbons (Fsp3) is 0.133. The predicted molar refractivity (Wildman–Crippen MR) is 95.7 cm³/mol. The van der Waals surface area contributed by atoms with E-state index in [9.17, 15) is 19.7 Å². The number of hydrogen-bond acceptors (Lipinski definition) is 8. The number of nitrogens with zero attached hydrogens (tertiary/aromatic N) is 5. The molecule has 0 aliphatic carbocycles. The lowest BCUT2D eigenvalue weighted by Gasteiger charge is -2.07. The van der Waals surface area contributed by atoms with Gasteiger partial charge in [-0.1, -0.05) is 17.8 Å². The summed E-state index contributed by atoms with van der Waals surface area (Å²) in [5.41, 5.74) is 4.97. The minimum atomic E-state index is -0.659. The third kappa shape index (κ3) is 4.17. The molecule has 2 heterocycles. The van der Waals surface area contributed by atoms with Gasteiger partial charge in [0.15, 0.2) is 5.65 Å². The van der Waals surface area contributed by atoms with Crippen LogP contribution in [0.3, 0.4) is 0 Å². The van der Waals surface area contributed by atoms with Gasteiger partial charge in [-0.05, 0) is 6.07 Å². The first kappa shape index (κ1) is 18.3. The number of hydrogen-bond donors (Lipinski definition) is 2. The Kier molecular flexibility index (Phi) is 5.26. The van der Waals surface area contributed by atoms with Crippen LogP contribution in [0.1, 0.15) is 10.4 Å². The Balaban J connectivity index is 1.56. The molecule has 2 amide bonds. The quantitative estimate of drug-likeness (QED) is 0.283. The second kappa shape index (κ2) is 7.78. The van der Waals surface area contributed by atoms with E-state index in [0.717, 1.165) is 11.5 Å². The molecular formula is C15H13N7O4S. The van der Waals surface area contributed by atoms with Crippen molar-refractivity contribution >= 4 is 40.3 Å². The second-order valence-electron chi connectivity index (χ2n) is 5.28. The summed E-state index contributed by atoms with van der Waals surface area (Å²) in [5.74, 6) is -1.13. The maximum atomic E-state index is 12.0. The molecule has 2 aromatic heterocycles. The van der Waals surface area contributed by atoms with E-state index in [1.807, 2.05) is 0 Å². The number of amides is 2. The second-order valence-corrected chi connectivity index (χ2v) is 6.25. The summed E-state index contributed by atoms with van der Waals surface area (Å²) in [6.45, 7) is 0. The summed E-state index contributed by atoms with van der Waals surface area (Å²) in [4.78, 5) is 42.3. The van der Waals surface area contributed by atoms with E-state index in [1.54, 1.807) is 17.9 Å². The highest BCUT2D eigenvalue weighted by Gasteiger charge is 2.13. The Morgan fingerprint density at radius 2 is 2.11 bits per heavy atom. The molecule has 3 rings (SSSR count). The van der Waals surface area contributed by atoms with Crippen molar-refractivity contribution in [3.63, 3.8) is 0 Å². The Morgan fingerprint density at radius 3 is 2.89 bits per heavy atom. The molecule has 3 aromatic rings. The van der Waals surface area contributed by atoms with Gasteiger partial charge in [0.1, 0.15) is 11.4 Å². The first-order chi connectivity index (χ1) is 13.0. The zero-order chi connectivity index (χ0) is 19.4. The van der Waals surface area contributed by atoms with Crippen LogP contribution >= 0.6 is 11.8 Å². The molecule has 0 saturated heterocycles. The number of carbonyl (C=O) groups excluding carboxylic acids is 2. The average molecular weight is 387 g/mol. The van der Waals surface area contributed by atoms with Crippen LogP contribution in [-0.2, 0) is 11.8 Å². The molecule has 138 valence electrons. The summed E-state index contributed by atoms with van der Waals surface area (Å²) in [6.07, 6.45) is 2.99. The van der Waals surface area contributed by atoms with Crippen molar-refractivity contribution in [1.29, 1.82) is 0 Å². The number of nitro benzene ring substituents is 1. The third-order valence-electron chi connectivity index (χ3n) is 3.47. The van der Waals surface area contributed by atoms with Crippen LogP contribution in [0.15, 0.2) is 41.8 Å². The molecule has 0 aliphatic heterocycles. The van der Waals surface area contributed by atoms with Crippen LogP contribution in [0.25, 0.3) is 11.0 Å². The summed E-state index contributed by atoms with van der Waals surface area (Å²) >= 11 is 1.17. The number of hydrazine groups is 1. The van der Waals surface area contributed by atoms with Crippen molar-refractivity contribution in [3.05, 3.63) is 52.5 Å². The van der Waals surface area contributed by atoms with Gasteiger partial charge in [-0.15, -0.1) is 0 Å². The Bertz CT molecular complexity index is 1040. The molecule has 2 N–H and O–H groups in total. The maximum Gasteiger partial charge on any atom is 0.270 e. The van der Waals surface area contributed by atoms with Crippen LogP contribution in [-0.4, -0.2) is 42.2 Å². The van der Waals surface area contributed by atoms with Gasteiger partial charge < -0.3 is 0 Å². The molecule has 27 heavy (non-hydrogen) atoms. The van der Waals surface area contributed by atoms with Gasteiger partial charge in [-0.2, -0.15) is 5.10 Å². The first-order valence-electron chi connectivity index (χ1n) is 7.55. The minimum absolute atomic E-state index is 0.00374. The molecular weight excluding hydrogens is 374 g/mol. The number of carbonyl (C=O) groups is 2. The minimum Gasteiger partial charge on any atom is -0.272 e. The summed E-state index contributed by atoms with van der Waals surface area (Å²) in [6, 6.07) is 5.19. The highest BCUT2D eigenvalue weighted by molar-refractivity contribution is 8.00. The SMILES string of the molecule is Cn1ncc2c(SCC(=O)NNC(=O)c3cccc([N+](=O)[O-])c3)ncnc21. The number of rotatable bonds is 5. The average Bonchev–Trinajstić information content (AvgIpc) is 3.06. The zero-order valence-corrected chi connectivity index (χ0v) is 14.8. The maximum absolute atomic E-state index is 12.0. The number of thioether (sulfide) groups is 1. The van der Waals surface area contributed by atoms with Crippen LogP contribution in [0.5, 0.6) is 0 Å². The standard InChI is InChI=1S/C15H13N7O4S/c1-21-13-11(6-18-21)15(17-8-16-13)27-7-12(23)19-20-14(24)9-3-2-4-10(5-9)22(25)26/h2-6,8H,7H2,1H3,(H,19,23)(H,20,24). The van der Waals surface area contributed by atoms with Gasteiger partial charge in [-0.3, -0.25) is 35.2 Å². The lowest BCUT2D eigenvalue weighted by molar-refractivity contribution is -0.384. The van der Waals surface area contributed by atoms with Gasteiger partial charge in [0.2, 0.25) is 5.91 Å². The summed E-state index contributed by atoms with van der Waals surface area (Å²) in [7, 11) is 1.75. The molecule has 0 fully saturated rings. The topological polar surface area (TPSA) is 145 Å². The van der Waals surface area contributed by atoms with Crippen LogP contribution in [0.2, 0.25) is 0 Å². The summed E-state index contributed by atoms with van der Waals surface area (Å²) < 4.78 is 1.60. The normalized spacial score (nSPS) is 10.6. The number of nitro groups is 1. The molecule has 0 bridgehead atoms. The van der Waals surface area contributed by atoms with Crippen LogP contribution < -0.4 is 10.9 Å². The lowest BCUT2D eigenvalue weighted by Crippen LogP contribution is -2.42. The van der Waals surface area contributed by atoms with Gasteiger partial charge in [0.25, 0.3) is 11.6 Å². The fourth-order valence-electron chi connectivity index (χ4n) is 2.18. The Hall–Kier alpha value is -3.54. The fourth-order valence-corrected chi connectivity index (χ4v) is 2.95. The van der Waals surface area contributed by atoms with E-state index in [-0.39, 0.29) is 17.0 Å². The van der Waals surface area contributed by atoms with E-state index >= 15 is 0 Å². The number of non-ortho nitro benzene ring substituents is 1. The monoisotopic (exact) mass is 387 g/mol. The van der Waals surface area contributed by atoms with Crippen molar-refractivity contribution in [3.8, 4) is 0 Å². The lowest BCUT2D eigenvalue weighted by atomic mass is 10.2. The van der Waals surface area contributed by atoms with Crippen molar-refractivity contribution in [2.45, 2.75) is 5.03 Å². The van der Waals surface area contributed by atoms with E-state index in [4.69, 9.17) is 0 Å². The highest BCUT2D eigenvalue weighted by Crippen LogP contribution is 2.23. The number of fused-ring (bicyclic) bond motifs is 1. The van der Waals surface area contributed by atoms with E-state index in [1.165, 1.54) is 36.3 Å². The Morgan fingerprint density at radius 1 is 1.30 bits per heavy atom. The molecule has 12 heteroatoms. The molecule has 1 aromatic carbocycles. The summed E-state index contributed by atoms with van der Waals surface area (Å²) in [5, 5.41) is 16.1. The van der Waals surface area contributed by atoms with Crippen molar-refractivity contribution < 1.29 is 14.5 Å². The number of benzene rings is 1. The van der Waals surface area contributed by atoms with Gasteiger partial charge in [-0.25, -0.2) is 9.97 Å². The van der Waals surface area contributed by atoms with Crippen LogP contribution in [0.4, 0.5) is 5.69 Å². The van der Waals surface area contributed by atoms with Gasteiger partial charge in [0.05, 0.1) is 22.3 Å². The number of aromatic nitrogens is 4. The largest absolute Gasteiger partial charge is 0.272 e. The van der Waals surface area contributed by atoms with Crippen molar-refractivity contribution in [2.75, 3.05) is 5.75 Å². The molecule has 0 radical (unpaired) electrons. The predicted octanol–water partition coefficient (Wildman–Crippen LogP) is 0.825. The van der Waals surface area contributed by atoms with Crippen molar-refractivity contribution in [2.24, 2.45) is 7.05 Å². The van der Waals surface area contributed by atoms with Crippen molar-refractivity contribution in [1.82, 2.24) is 30.6 Å². The van der Waals surface area contributed by atoms with E-state index < -0.39 is 16.7 Å². The highest BCUT2D eigenvalue weighted by atomic mass is 32.2. The Labute approximate surface area is 156 Å². The number of nitrogens with one attached hydrogen (secondary N) is 2. The molecule has 0 saturated carbocycles. The van der Waals surface area contributed by atoms with E-state index in [2.05, 4.69) is 25.9 Å². The molecule has 0 unspecified atom stereocenters. The van der Waals surface area contributed by atoms with Gasteiger partial charge >= 0.3 is 0 Å².